The Morgan fingerprint density at radius 3 is 2.89 bits per heavy atom. The lowest BCUT2D eigenvalue weighted by molar-refractivity contribution is 0.562. The van der Waals surface area contributed by atoms with Gasteiger partial charge in [0.05, 0.1) is 16.7 Å². The molecule has 7 heteroatoms. The van der Waals surface area contributed by atoms with Crippen LogP contribution in [0.1, 0.15) is 19.7 Å². The van der Waals surface area contributed by atoms with Gasteiger partial charge in [-0.05, 0) is 38.5 Å². The summed E-state index contributed by atoms with van der Waals surface area (Å²) in [5.74, 6) is 0.302. The van der Waals surface area contributed by atoms with Crippen LogP contribution in [0.2, 0.25) is 0 Å². The lowest BCUT2D eigenvalue weighted by Crippen LogP contribution is -2.24. The normalized spacial score (nSPS) is 11.2. The van der Waals surface area contributed by atoms with E-state index in [1.54, 1.807) is 12.1 Å². The fourth-order valence-corrected chi connectivity index (χ4v) is 1.68. The molecule has 0 spiro atoms. The van der Waals surface area contributed by atoms with Gasteiger partial charge in [-0.25, -0.2) is 4.39 Å². The summed E-state index contributed by atoms with van der Waals surface area (Å²) in [5, 5.41) is 14.6. The Bertz CT molecular complexity index is 540. The lowest BCUT2D eigenvalue weighted by atomic mass is 10.3. The predicted molar refractivity (Wildman–Crippen MR) is 68.8 cm³/mol. The average Bonchev–Trinajstić information content (AvgIpc) is 2.78. The summed E-state index contributed by atoms with van der Waals surface area (Å²) < 4.78 is 15.4. The van der Waals surface area contributed by atoms with Crippen molar-refractivity contribution in [1.82, 2.24) is 25.5 Å². The monoisotopic (exact) mass is 313 g/mol. The summed E-state index contributed by atoms with van der Waals surface area (Å²) in [7, 11) is 0. The minimum atomic E-state index is -0.342. The summed E-state index contributed by atoms with van der Waals surface area (Å²) in [6, 6.07) is 5.10. The summed E-state index contributed by atoms with van der Waals surface area (Å²) in [6.07, 6.45) is 0. The zero-order valence-electron chi connectivity index (χ0n) is 10.1. The van der Waals surface area contributed by atoms with Crippen molar-refractivity contribution in [3.05, 3.63) is 34.3 Å². The van der Waals surface area contributed by atoms with Crippen LogP contribution in [0.5, 0.6) is 0 Å². The van der Waals surface area contributed by atoms with E-state index < -0.39 is 0 Å². The quantitative estimate of drug-likeness (QED) is 0.938. The van der Waals surface area contributed by atoms with Crippen LogP contribution < -0.4 is 5.32 Å². The molecule has 0 radical (unpaired) electrons. The predicted octanol–water partition coefficient (Wildman–Crippen LogP) is 2.06. The van der Waals surface area contributed by atoms with Crippen molar-refractivity contribution < 1.29 is 4.39 Å². The van der Waals surface area contributed by atoms with E-state index in [0.29, 0.717) is 28.6 Å². The van der Waals surface area contributed by atoms with Gasteiger partial charge in [0.1, 0.15) is 5.82 Å². The molecule has 18 heavy (non-hydrogen) atoms. The molecule has 0 aliphatic rings. The fourth-order valence-electron chi connectivity index (χ4n) is 1.43. The van der Waals surface area contributed by atoms with E-state index >= 15 is 0 Å². The van der Waals surface area contributed by atoms with E-state index in [1.165, 1.54) is 10.7 Å². The molecule has 5 nitrogen and oxygen atoms in total. The highest BCUT2D eigenvalue weighted by Crippen LogP contribution is 2.18. The number of tetrazole rings is 1. The van der Waals surface area contributed by atoms with Crippen LogP contribution >= 0.6 is 15.9 Å². The van der Waals surface area contributed by atoms with Gasteiger partial charge in [-0.15, -0.1) is 5.10 Å². The zero-order chi connectivity index (χ0) is 13.1. The van der Waals surface area contributed by atoms with E-state index in [2.05, 4.69) is 36.8 Å². The third kappa shape index (κ3) is 2.91. The van der Waals surface area contributed by atoms with Crippen molar-refractivity contribution in [3.63, 3.8) is 0 Å². The van der Waals surface area contributed by atoms with Crippen LogP contribution in [0.15, 0.2) is 22.7 Å². The standard InChI is InChI=1S/C11H13BrFN5/c1-7(2)14-6-11-15-16-17-18(11)8-3-4-9(12)10(13)5-8/h3-5,7,14H,6H2,1-2H3. The van der Waals surface area contributed by atoms with Gasteiger partial charge in [0.25, 0.3) is 0 Å². The van der Waals surface area contributed by atoms with E-state index in [1.807, 2.05) is 13.8 Å². The summed E-state index contributed by atoms with van der Waals surface area (Å²) >= 11 is 3.11. The minimum Gasteiger partial charge on any atom is -0.308 e. The molecular formula is C11H13BrFN5. The first-order chi connectivity index (χ1) is 8.58. The van der Waals surface area contributed by atoms with Gasteiger partial charge in [-0.3, -0.25) is 0 Å². The Balaban J connectivity index is 2.27. The molecule has 0 fully saturated rings. The number of benzene rings is 1. The van der Waals surface area contributed by atoms with E-state index in [4.69, 9.17) is 0 Å². The van der Waals surface area contributed by atoms with Crippen LogP contribution in [-0.4, -0.2) is 26.2 Å². The van der Waals surface area contributed by atoms with E-state index in [9.17, 15) is 4.39 Å². The second-order valence-electron chi connectivity index (χ2n) is 4.14. The molecule has 2 rings (SSSR count). The van der Waals surface area contributed by atoms with E-state index in [-0.39, 0.29) is 5.82 Å². The fraction of sp³-hybridized carbons (Fsp3) is 0.364. The van der Waals surface area contributed by atoms with E-state index in [0.717, 1.165) is 0 Å². The molecule has 0 aliphatic carbocycles. The van der Waals surface area contributed by atoms with Crippen molar-refractivity contribution >= 4 is 15.9 Å². The average molecular weight is 314 g/mol. The first kappa shape index (κ1) is 13.1. The van der Waals surface area contributed by atoms with Crippen LogP contribution in [-0.2, 0) is 6.54 Å². The second kappa shape index (κ2) is 5.53. The van der Waals surface area contributed by atoms with Crippen LogP contribution in [0.3, 0.4) is 0 Å². The minimum absolute atomic E-state index is 0.330. The molecule has 2 aromatic rings. The molecule has 0 unspecified atom stereocenters. The molecule has 0 amide bonds. The van der Waals surface area contributed by atoms with Gasteiger partial charge < -0.3 is 5.32 Å². The van der Waals surface area contributed by atoms with Crippen LogP contribution in [0, 0.1) is 5.82 Å². The molecule has 0 saturated heterocycles. The number of nitrogens with one attached hydrogen (secondary N) is 1. The first-order valence-electron chi connectivity index (χ1n) is 5.54. The van der Waals surface area contributed by atoms with Gasteiger partial charge in [-0.1, -0.05) is 13.8 Å². The van der Waals surface area contributed by atoms with Crippen molar-refractivity contribution in [2.75, 3.05) is 0 Å². The van der Waals surface area contributed by atoms with Crippen molar-refractivity contribution in [1.29, 1.82) is 0 Å². The number of aromatic nitrogens is 4. The highest BCUT2D eigenvalue weighted by molar-refractivity contribution is 9.10. The van der Waals surface area contributed by atoms with Crippen LogP contribution in [0.4, 0.5) is 4.39 Å². The van der Waals surface area contributed by atoms with Gasteiger partial charge in [0, 0.05) is 12.1 Å². The maximum absolute atomic E-state index is 13.5. The maximum Gasteiger partial charge on any atom is 0.170 e. The number of hydrogen-bond donors (Lipinski definition) is 1. The number of rotatable bonds is 4. The highest BCUT2D eigenvalue weighted by atomic mass is 79.9. The smallest absolute Gasteiger partial charge is 0.170 e. The summed E-state index contributed by atoms with van der Waals surface area (Å²) in [4.78, 5) is 0. The van der Waals surface area contributed by atoms with Gasteiger partial charge in [0.2, 0.25) is 0 Å². The van der Waals surface area contributed by atoms with Crippen molar-refractivity contribution in [3.8, 4) is 5.69 Å². The third-order valence-electron chi connectivity index (χ3n) is 2.35. The molecule has 0 aliphatic heterocycles. The number of hydrogen-bond acceptors (Lipinski definition) is 4. The molecular weight excluding hydrogens is 301 g/mol. The topological polar surface area (TPSA) is 55.6 Å². The molecule has 0 saturated carbocycles. The molecule has 0 bridgehead atoms. The van der Waals surface area contributed by atoms with Crippen LogP contribution in [0.25, 0.3) is 5.69 Å². The Morgan fingerprint density at radius 1 is 1.44 bits per heavy atom. The molecule has 1 heterocycles. The lowest BCUT2D eigenvalue weighted by Gasteiger charge is -2.08. The summed E-state index contributed by atoms with van der Waals surface area (Å²) in [6.45, 7) is 4.60. The summed E-state index contributed by atoms with van der Waals surface area (Å²) in [5.41, 5.74) is 0.598. The Kier molecular flexibility index (Phi) is 4.03. The molecule has 96 valence electrons. The van der Waals surface area contributed by atoms with Gasteiger partial charge >= 0.3 is 0 Å². The third-order valence-corrected chi connectivity index (χ3v) is 2.99. The highest BCUT2D eigenvalue weighted by Gasteiger charge is 2.10. The maximum atomic E-state index is 13.5. The molecule has 1 N–H and O–H groups in total. The zero-order valence-corrected chi connectivity index (χ0v) is 11.6. The SMILES string of the molecule is CC(C)NCc1nnnn1-c1ccc(Br)c(F)c1. The second-order valence-corrected chi connectivity index (χ2v) is 5.00. The Labute approximate surface area is 113 Å². The Morgan fingerprint density at radius 2 is 2.22 bits per heavy atom. The first-order valence-corrected chi connectivity index (χ1v) is 6.33. The number of nitrogens with zero attached hydrogens (tertiary/aromatic N) is 4. The van der Waals surface area contributed by atoms with Crippen molar-refractivity contribution in [2.24, 2.45) is 0 Å². The van der Waals surface area contributed by atoms with Crippen molar-refractivity contribution in [2.45, 2.75) is 26.4 Å². The molecule has 1 aromatic heterocycles. The van der Waals surface area contributed by atoms with Gasteiger partial charge in [0.15, 0.2) is 5.82 Å². The Hall–Kier alpha value is -1.34. The molecule has 0 atom stereocenters. The molecule has 1 aromatic carbocycles. The largest absolute Gasteiger partial charge is 0.308 e. The van der Waals surface area contributed by atoms with Gasteiger partial charge in [-0.2, -0.15) is 4.68 Å². The number of halogens is 2.